The summed E-state index contributed by atoms with van der Waals surface area (Å²) >= 11 is 1.21. The van der Waals surface area contributed by atoms with Crippen LogP contribution in [0.5, 0.6) is 11.5 Å². The molecular weight excluding hydrogens is 368 g/mol. The molecule has 27 heavy (non-hydrogen) atoms. The molecule has 1 aliphatic rings. The smallest absolute Gasteiger partial charge is 0.264 e. The van der Waals surface area contributed by atoms with Crippen molar-refractivity contribution in [2.24, 2.45) is 5.10 Å². The van der Waals surface area contributed by atoms with Crippen LogP contribution in [0.2, 0.25) is 0 Å². The number of carbonyl (C=O) groups is 1. The molecule has 10 heteroatoms. The summed E-state index contributed by atoms with van der Waals surface area (Å²) in [7, 11) is 3.08. The highest BCUT2D eigenvalue weighted by Crippen LogP contribution is 2.28. The number of rotatable bonds is 8. The second kappa shape index (κ2) is 8.76. The van der Waals surface area contributed by atoms with Gasteiger partial charge in [-0.2, -0.15) is 5.10 Å². The van der Waals surface area contributed by atoms with Crippen LogP contribution >= 0.6 is 11.8 Å². The maximum absolute atomic E-state index is 12.5. The molecule has 3 N–H and O–H groups in total. The Kier molecular flexibility index (Phi) is 6.17. The zero-order chi connectivity index (χ0) is 19.2. The van der Waals surface area contributed by atoms with Crippen LogP contribution in [0.1, 0.15) is 36.0 Å². The summed E-state index contributed by atoms with van der Waals surface area (Å²) in [6, 6.07) is 5.05. The van der Waals surface area contributed by atoms with Gasteiger partial charge in [0.2, 0.25) is 5.16 Å². The van der Waals surface area contributed by atoms with Crippen molar-refractivity contribution in [1.29, 1.82) is 0 Å². The number of nitrogens with one attached hydrogen (secondary N) is 1. The summed E-state index contributed by atoms with van der Waals surface area (Å²) in [5, 5.41) is 12.7. The summed E-state index contributed by atoms with van der Waals surface area (Å²) in [6.45, 7) is 0. The minimum Gasteiger partial charge on any atom is -0.493 e. The molecule has 0 radical (unpaired) electrons. The Labute approximate surface area is 161 Å². The first-order valence-electron chi connectivity index (χ1n) is 8.52. The lowest BCUT2D eigenvalue weighted by Crippen LogP contribution is -2.14. The monoisotopic (exact) mass is 390 g/mol. The third kappa shape index (κ3) is 4.51. The molecule has 1 aromatic heterocycles. The number of nitrogens with zero attached hydrogens (tertiary/aromatic N) is 4. The van der Waals surface area contributed by atoms with Gasteiger partial charge in [-0.1, -0.05) is 11.8 Å². The molecule has 1 saturated carbocycles. The molecule has 1 fully saturated rings. The SMILES string of the molecule is COc1ccc(C(=O)CSc2nnc(NN=C3CCCC3)n2N)cc1OC. The Morgan fingerprint density at radius 1 is 1.26 bits per heavy atom. The number of hydrogen-bond acceptors (Lipinski definition) is 9. The predicted octanol–water partition coefficient (Wildman–Crippen LogP) is 2.33. The Bertz CT molecular complexity index is 843. The van der Waals surface area contributed by atoms with E-state index in [1.54, 1.807) is 25.3 Å². The van der Waals surface area contributed by atoms with Gasteiger partial charge in [-0.25, -0.2) is 10.1 Å². The Morgan fingerprint density at radius 2 is 2.00 bits per heavy atom. The van der Waals surface area contributed by atoms with Crippen molar-refractivity contribution >= 4 is 29.2 Å². The molecule has 0 atom stereocenters. The second-order valence-electron chi connectivity index (χ2n) is 5.95. The van der Waals surface area contributed by atoms with Gasteiger partial charge in [0.1, 0.15) is 0 Å². The largest absolute Gasteiger partial charge is 0.493 e. The maximum Gasteiger partial charge on any atom is 0.264 e. The number of ether oxygens (including phenoxy) is 2. The zero-order valence-corrected chi connectivity index (χ0v) is 16.1. The van der Waals surface area contributed by atoms with Crippen LogP contribution in [0.4, 0.5) is 5.95 Å². The van der Waals surface area contributed by atoms with Gasteiger partial charge in [0.25, 0.3) is 5.95 Å². The van der Waals surface area contributed by atoms with Crippen LogP contribution in [0.3, 0.4) is 0 Å². The van der Waals surface area contributed by atoms with E-state index in [0.717, 1.165) is 31.4 Å². The van der Waals surface area contributed by atoms with Crippen LogP contribution < -0.4 is 20.7 Å². The average molecular weight is 390 g/mol. The van der Waals surface area contributed by atoms with Crippen molar-refractivity contribution in [2.45, 2.75) is 30.8 Å². The number of benzene rings is 1. The van der Waals surface area contributed by atoms with Gasteiger partial charge >= 0.3 is 0 Å². The van der Waals surface area contributed by atoms with Gasteiger partial charge < -0.3 is 15.3 Å². The van der Waals surface area contributed by atoms with E-state index >= 15 is 0 Å². The molecule has 0 amide bonds. The number of hydrogen-bond donors (Lipinski definition) is 2. The normalized spacial score (nSPS) is 13.5. The molecule has 144 valence electrons. The van der Waals surface area contributed by atoms with Crippen molar-refractivity contribution in [3.05, 3.63) is 23.8 Å². The van der Waals surface area contributed by atoms with Crippen molar-refractivity contribution in [3.63, 3.8) is 0 Å². The highest BCUT2D eigenvalue weighted by Gasteiger charge is 2.15. The summed E-state index contributed by atoms with van der Waals surface area (Å²) in [5.41, 5.74) is 4.48. The quantitative estimate of drug-likeness (QED) is 0.305. The van der Waals surface area contributed by atoms with Crippen LogP contribution in [-0.2, 0) is 0 Å². The van der Waals surface area contributed by atoms with E-state index in [-0.39, 0.29) is 11.5 Å². The first kappa shape index (κ1) is 19.0. The fraction of sp³-hybridized carbons (Fsp3) is 0.412. The predicted molar refractivity (Wildman–Crippen MR) is 104 cm³/mol. The number of carbonyl (C=O) groups excluding carboxylic acids is 1. The molecule has 0 bridgehead atoms. The van der Waals surface area contributed by atoms with Crippen LogP contribution in [-0.4, -0.2) is 46.3 Å². The maximum atomic E-state index is 12.5. The molecule has 0 unspecified atom stereocenters. The van der Waals surface area contributed by atoms with E-state index in [1.807, 2.05) is 0 Å². The number of Topliss-reactive ketones (excluding diaryl/α,β-unsaturated/α-hetero) is 1. The number of methoxy groups -OCH3 is 2. The van der Waals surface area contributed by atoms with Gasteiger partial charge in [-0.3, -0.25) is 4.79 Å². The summed E-state index contributed by atoms with van der Waals surface area (Å²) in [6.07, 6.45) is 4.31. The number of nitrogens with two attached hydrogens (primary N) is 1. The van der Waals surface area contributed by atoms with E-state index in [9.17, 15) is 4.79 Å². The summed E-state index contributed by atoms with van der Waals surface area (Å²) in [4.78, 5) is 12.5. The highest BCUT2D eigenvalue weighted by atomic mass is 32.2. The topological polar surface area (TPSA) is 117 Å². The Hall–Kier alpha value is -2.75. The molecule has 0 aliphatic heterocycles. The van der Waals surface area contributed by atoms with Crippen molar-refractivity contribution in [2.75, 3.05) is 31.2 Å². The molecule has 3 rings (SSSR count). The molecule has 0 saturated heterocycles. The highest BCUT2D eigenvalue weighted by molar-refractivity contribution is 7.99. The third-order valence-corrected chi connectivity index (χ3v) is 5.14. The molecular formula is C17H22N6O3S. The molecule has 0 spiro atoms. The number of thioether (sulfide) groups is 1. The van der Waals surface area contributed by atoms with E-state index < -0.39 is 0 Å². The van der Waals surface area contributed by atoms with Gasteiger partial charge in [0, 0.05) is 11.3 Å². The van der Waals surface area contributed by atoms with Crippen LogP contribution in [0.15, 0.2) is 28.5 Å². The Balaban J connectivity index is 1.61. The number of anilines is 1. The number of nitrogen functional groups attached to an aromatic ring is 1. The van der Waals surface area contributed by atoms with E-state index in [2.05, 4.69) is 20.7 Å². The van der Waals surface area contributed by atoms with Crippen molar-refractivity contribution in [1.82, 2.24) is 14.9 Å². The van der Waals surface area contributed by atoms with Crippen LogP contribution in [0.25, 0.3) is 0 Å². The van der Waals surface area contributed by atoms with Gasteiger partial charge in [0.15, 0.2) is 17.3 Å². The van der Waals surface area contributed by atoms with E-state index in [4.69, 9.17) is 15.3 Å². The fourth-order valence-corrected chi connectivity index (χ4v) is 3.45. The summed E-state index contributed by atoms with van der Waals surface area (Å²) < 4.78 is 11.7. The van der Waals surface area contributed by atoms with Crippen molar-refractivity contribution in [3.8, 4) is 11.5 Å². The first-order valence-corrected chi connectivity index (χ1v) is 9.51. The second-order valence-corrected chi connectivity index (χ2v) is 6.90. The lowest BCUT2D eigenvalue weighted by atomic mass is 10.1. The minimum absolute atomic E-state index is 0.0790. The summed E-state index contributed by atoms with van der Waals surface area (Å²) in [5.74, 6) is 7.50. The van der Waals surface area contributed by atoms with Crippen LogP contribution in [0, 0.1) is 0 Å². The molecule has 2 aromatic rings. The molecule has 1 aliphatic carbocycles. The standard InChI is InChI=1S/C17H22N6O3S/c1-25-14-8-7-11(9-15(14)26-2)13(24)10-27-17-22-21-16(23(17)18)20-19-12-5-3-4-6-12/h7-9H,3-6,10,18H2,1-2H3,(H,20,21). The van der Waals surface area contributed by atoms with E-state index in [0.29, 0.717) is 28.2 Å². The third-order valence-electron chi connectivity index (χ3n) is 4.20. The number of hydrazone groups is 1. The lowest BCUT2D eigenvalue weighted by Gasteiger charge is -2.09. The van der Waals surface area contributed by atoms with Gasteiger partial charge in [-0.05, 0) is 43.9 Å². The van der Waals surface area contributed by atoms with Gasteiger partial charge in [-0.15, -0.1) is 10.2 Å². The number of ketones is 1. The fourth-order valence-electron chi connectivity index (χ4n) is 2.70. The first-order chi connectivity index (χ1) is 13.1. The molecule has 1 aromatic carbocycles. The lowest BCUT2D eigenvalue weighted by molar-refractivity contribution is 0.102. The van der Waals surface area contributed by atoms with E-state index in [1.165, 1.54) is 23.5 Å². The molecule has 1 heterocycles. The van der Waals surface area contributed by atoms with Crippen molar-refractivity contribution < 1.29 is 14.3 Å². The minimum atomic E-state index is -0.0790. The number of aromatic nitrogens is 3. The zero-order valence-electron chi connectivity index (χ0n) is 15.3. The van der Waals surface area contributed by atoms with Gasteiger partial charge in [0.05, 0.1) is 20.0 Å². The molecule has 9 nitrogen and oxygen atoms in total. The average Bonchev–Trinajstić information content (AvgIpc) is 3.33. The Morgan fingerprint density at radius 3 is 2.70 bits per heavy atom.